The van der Waals surface area contributed by atoms with E-state index in [1.54, 1.807) is 0 Å². The molecule has 0 aromatic heterocycles. The van der Waals surface area contributed by atoms with Crippen molar-refractivity contribution in [2.45, 2.75) is 31.9 Å². The average molecular weight is 219 g/mol. The number of nitrogens with one attached hydrogen (secondary N) is 1. The quantitative estimate of drug-likeness (QED) is 0.529. The van der Waals surface area contributed by atoms with Crippen LogP contribution >= 0.6 is 0 Å². The van der Waals surface area contributed by atoms with Crippen molar-refractivity contribution in [1.82, 2.24) is 5.32 Å². The number of aliphatic hydroxyl groups is 1. The van der Waals surface area contributed by atoms with E-state index < -0.39 is 24.5 Å². The molecule has 6 heteroatoms. The van der Waals surface area contributed by atoms with Crippen molar-refractivity contribution in [3.63, 3.8) is 0 Å². The molecule has 0 saturated heterocycles. The van der Waals surface area contributed by atoms with Gasteiger partial charge >= 0.3 is 5.97 Å². The van der Waals surface area contributed by atoms with Crippen molar-refractivity contribution in [2.75, 3.05) is 13.7 Å². The molecule has 3 N–H and O–H groups in total. The van der Waals surface area contributed by atoms with Crippen molar-refractivity contribution in [3.05, 3.63) is 0 Å². The largest absolute Gasteiger partial charge is 0.480 e. The summed E-state index contributed by atoms with van der Waals surface area (Å²) in [7, 11) is 1.54. The molecule has 0 fully saturated rings. The molecule has 1 unspecified atom stereocenters. The highest BCUT2D eigenvalue weighted by Gasteiger charge is 2.18. The van der Waals surface area contributed by atoms with Crippen LogP contribution in [0.25, 0.3) is 0 Å². The lowest BCUT2D eigenvalue weighted by Crippen LogP contribution is -2.43. The fraction of sp³-hybridized carbons (Fsp3) is 0.778. The molecule has 15 heavy (non-hydrogen) atoms. The van der Waals surface area contributed by atoms with E-state index in [0.717, 1.165) is 0 Å². The topological polar surface area (TPSA) is 95.9 Å². The number of aliphatic carboxylic acids is 1. The van der Waals surface area contributed by atoms with Gasteiger partial charge in [-0.2, -0.15) is 0 Å². The summed E-state index contributed by atoms with van der Waals surface area (Å²) >= 11 is 0. The number of carbonyl (C=O) groups excluding carboxylic acids is 1. The Morgan fingerprint density at radius 2 is 2.07 bits per heavy atom. The molecule has 0 aliphatic heterocycles. The molecule has 0 rings (SSSR count). The number of hydrogen-bond acceptors (Lipinski definition) is 4. The maximum atomic E-state index is 11.2. The summed E-state index contributed by atoms with van der Waals surface area (Å²) in [5, 5.41) is 19.4. The van der Waals surface area contributed by atoms with E-state index in [1.165, 1.54) is 7.11 Å². The monoisotopic (exact) mass is 219 g/mol. The Kier molecular flexibility index (Phi) is 6.64. The second kappa shape index (κ2) is 7.19. The smallest absolute Gasteiger partial charge is 0.328 e. The van der Waals surface area contributed by atoms with E-state index >= 15 is 0 Å². The van der Waals surface area contributed by atoms with Crippen LogP contribution in [-0.2, 0) is 14.3 Å². The number of carbonyl (C=O) groups is 2. The standard InChI is InChI=1S/C9H17NO5/c1-6(15-2)3-4-8(12)10-7(5-11)9(13)14/h6-7,11H,3-5H2,1-2H3,(H,10,12)(H,13,14)/t6?,7-/m1/s1. The minimum absolute atomic E-state index is 0.0480. The molecular formula is C9H17NO5. The first kappa shape index (κ1) is 13.9. The van der Waals surface area contributed by atoms with Crippen LogP contribution in [0.2, 0.25) is 0 Å². The van der Waals surface area contributed by atoms with Crippen molar-refractivity contribution < 1.29 is 24.5 Å². The number of methoxy groups -OCH3 is 1. The highest BCUT2D eigenvalue weighted by atomic mass is 16.5. The van der Waals surface area contributed by atoms with E-state index in [1.807, 2.05) is 6.92 Å². The summed E-state index contributed by atoms with van der Waals surface area (Å²) < 4.78 is 4.93. The summed E-state index contributed by atoms with van der Waals surface area (Å²) in [5.41, 5.74) is 0. The SMILES string of the molecule is COC(C)CCC(=O)N[C@H](CO)C(=O)O. The Hall–Kier alpha value is -1.14. The van der Waals surface area contributed by atoms with E-state index in [2.05, 4.69) is 5.32 Å². The van der Waals surface area contributed by atoms with Gasteiger partial charge in [-0.15, -0.1) is 0 Å². The van der Waals surface area contributed by atoms with E-state index in [9.17, 15) is 9.59 Å². The lowest BCUT2D eigenvalue weighted by Gasteiger charge is -2.13. The fourth-order valence-electron chi connectivity index (χ4n) is 0.904. The second-order valence-corrected chi connectivity index (χ2v) is 3.23. The molecule has 0 aliphatic carbocycles. The molecule has 0 bridgehead atoms. The molecule has 88 valence electrons. The summed E-state index contributed by atoms with van der Waals surface area (Å²) in [5.74, 6) is -1.65. The van der Waals surface area contributed by atoms with Crippen LogP contribution in [0, 0.1) is 0 Å². The molecule has 0 radical (unpaired) electrons. The molecule has 6 nitrogen and oxygen atoms in total. The molecule has 0 aliphatic rings. The summed E-state index contributed by atoms with van der Waals surface area (Å²) in [4.78, 5) is 21.7. The zero-order valence-electron chi connectivity index (χ0n) is 8.90. The van der Waals surface area contributed by atoms with Crippen LogP contribution in [0.3, 0.4) is 0 Å². The van der Waals surface area contributed by atoms with Gasteiger partial charge in [0, 0.05) is 13.5 Å². The minimum Gasteiger partial charge on any atom is -0.480 e. The van der Waals surface area contributed by atoms with Gasteiger partial charge in [0.05, 0.1) is 12.7 Å². The van der Waals surface area contributed by atoms with E-state index in [-0.39, 0.29) is 12.5 Å². The van der Waals surface area contributed by atoms with Crippen LogP contribution < -0.4 is 5.32 Å². The predicted octanol–water partition coefficient (Wildman–Crippen LogP) is -0.637. The number of amides is 1. The summed E-state index contributed by atoms with van der Waals surface area (Å²) in [6.45, 7) is 1.20. The maximum Gasteiger partial charge on any atom is 0.328 e. The predicted molar refractivity (Wildman–Crippen MR) is 52.4 cm³/mol. The molecule has 0 saturated carbocycles. The number of carboxylic acids is 1. The molecule has 0 heterocycles. The van der Waals surface area contributed by atoms with Crippen LogP contribution in [-0.4, -0.2) is 48.0 Å². The third kappa shape index (κ3) is 6.03. The van der Waals surface area contributed by atoms with Crippen molar-refractivity contribution in [1.29, 1.82) is 0 Å². The minimum atomic E-state index is -1.24. The third-order valence-electron chi connectivity index (χ3n) is 2.00. The number of hydrogen-bond donors (Lipinski definition) is 3. The molecule has 1 amide bonds. The van der Waals surface area contributed by atoms with Gasteiger partial charge in [0.25, 0.3) is 0 Å². The van der Waals surface area contributed by atoms with Gasteiger partial charge in [0.15, 0.2) is 0 Å². The van der Waals surface area contributed by atoms with Crippen LogP contribution in [0.15, 0.2) is 0 Å². The molecule has 0 aromatic rings. The molecule has 0 spiro atoms. The molecule has 0 aromatic carbocycles. The van der Waals surface area contributed by atoms with Gasteiger partial charge in [0.1, 0.15) is 6.04 Å². The third-order valence-corrected chi connectivity index (χ3v) is 2.00. The highest BCUT2D eigenvalue weighted by molar-refractivity contribution is 5.83. The zero-order valence-corrected chi connectivity index (χ0v) is 8.90. The van der Waals surface area contributed by atoms with Crippen LogP contribution in [0.5, 0.6) is 0 Å². The first-order valence-corrected chi connectivity index (χ1v) is 4.67. The second-order valence-electron chi connectivity index (χ2n) is 3.23. The Bertz CT molecular complexity index is 219. The Balaban J connectivity index is 3.86. The summed E-state index contributed by atoms with van der Waals surface area (Å²) in [6.07, 6.45) is 0.645. The van der Waals surface area contributed by atoms with E-state index in [4.69, 9.17) is 14.9 Å². The number of ether oxygens (including phenoxy) is 1. The Labute approximate surface area is 88.2 Å². The van der Waals surface area contributed by atoms with Crippen LogP contribution in [0.4, 0.5) is 0 Å². The average Bonchev–Trinajstić information content (AvgIpc) is 2.21. The van der Waals surface area contributed by atoms with Gasteiger partial charge in [-0.25, -0.2) is 4.79 Å². The first-order valence-electron chi connectivity index (χ1n) is 4.67. The highest BCUT2D eigenvalue weighted by Crippen LogP contribution is 2.00. The van der Waals surface area contributed by atoms with Gasteiger partial charge in [0.2, 0.25) is 5.91 Å². The Morgan fingerprint density at radius 1 is 1.47 bits per heavy atom. The zero-order chi connectivity index (χ0) is 11.8. The van der Waals surface area contributed by atoms with Gasteiger partial charge in [-0.3, -0.25) is 4.79 Å². The lowest BCUT2D eigenvalue weighted by molar-refractivity contribution is -0.143. The van der Waals surface area contributed by atoms with Crippen molar-refractivity contribution in [3.8, 4) is 0 Å². The van der Waals surface area contributed by atoms with Gasteiger partial charge < -0.3 is 20.3 Å². The number of carboxylic acid groups (broad SMARTS) is 1. The molecular weight excluding hydrogens is 202 g/mol. The fourth-order valence-corrected chi connectivity index (χ4v) is 0.904. The number of rotatable bonds is 7. The van der Waals surface area contributed by atoms with Crippen molar-refractivity contribution in [2.24, 2.45) is 0 Å². The Morgan fingerprint density at radius 3 is 2.47 bits per heavy atom. The van der Waals surface area contributed by atoms with Crippen LogP contribution in [0.1, 0.15) is 19.8 Å². The first-order chi connectivity index (χ1) is 7.01. The maximum absolute atomic E-state index is 11.2. The summed E-state index contributed by atoms with van der Waals surface area (Å²) in [6, 6.07) is -1.23. The number of aliphatic hydroxyl groups excluding tert-OH is 1. The molecule has 2 atom stereocenters. The normalized spacial score (nSPS) is 14.3. The van der Waals surface area contributed by atoms with Gasteiger partial charge in [-0.05, 0) is 13.3 Å². The van der Waals surface area contributed by atoms with Gasteiger partial charge in [-0.1, -0.05) is 0 Å². The van der Waals surface area contributed by atoms with E-state index in [0.29, 0.717) is 6.42 Å². The lowest BCUT2D eigenvalue weighted by atomic mass is 10.2. The van der Waals surface area contributed by atoms with Crippen molar-refractivity contribution >= 4 is 11.9 Å².